The molecule has 0 aliphatic rings. The van der Waals surface area contributed by atoms with Crippen LogP contribution in [0.3, 0.4) is 0 Å². The summed E-state index contributed by atoms with van der Waals surface area (Å²) in [5, 5.41) is 8.97. The molecule has 0 fully saturated rings. The fraction of sp³-hybridized carbons (Fsp3) is 0.500. The van der Waals surface area contributed by atoms with Gasteiger partial charge in [0, 0.05) is 0 Å². The largest absolute Gasteiger partial charge is 0.443 e. The van der Waals surface area contributed by atoms with E-state index in [1.807, 2.05) is 6.07 Å². The number of imide groups is 1. The van der Waals surface area contributed by atoms with E-state index < -0.39 is 23.4 Å². The van der Waals surface area contributed by atoms with Gasteiger partial charge in [-0.15, -0.1) is 0 Å². The minimum absolute atomic E-state index is 0.00694. The highest BCUT2D eigenvalue weighted by atomic mass is 79.9. The van der Waals surface area contributed by atoms with Crippen molar-refractivity contribution >= 4 is 45.4 Å². The molecular weight excluding hydrogens is 414 g/mol. The first-order valence-electron chi connectivity index (χ1n) is 7.27. The van der Waals surface area contributed by atoms with Gasteiger partial charge in [-0.3, -0.25) is 0 Å². The van der Waals surface area contributed by atoms with Gasteiger partial charge in [-0.1, -0.05) is 11.6 Å². The number of nitriles is 1. The molecule has 0 radical (unpaired) electrons. The minimum Gasteiger partial charge on any atom is -0.443 e. The van der Waals surface area contributed by atoms with Crippen LogP contribution in [0.25, 0.3) is 0 Å². The van der Waals surface area contributed by atoms with Crippen molar-refractivity contribution < 1.29 is 19.1 Å². The molecule has 0 atom stereocenters. The van der Waals surface area contributed by atoms with Gasteiger partial charge >= 0.3 is 12.2 Å². The molecule has 0 aliphatic carbocycles. The molecular formula is C16H19BrClN3O4. The van der Waals surface area contributed by atoms with Crippen molar-refractivity contribution in [3.05, 3.63) is 21.4 Å². The predicted molar refractivity (Wildman–Crippen MR) is 96.6 cm³/mol. The molecule has 1 aromatic heterocycles. The minimum atomic E-state index is -0.954. The maximum Gasteiger partial charge on any atom is 0.424 e. The third-order valence-corrected chi connectivity index (χ3v) is 3.28. The number of carbonyl (C=O) groups excluding carboxylic acids is 2. The van der Waals surface area contributed by atoms with Gasteiger partial charge in [-0.05, 0) is 63.5 Å². The van der Waals surface area contributed by atoms with Gasteiger partial charge in [0.15, 0.2) is 5.69 Å². The Bertz CT molecular complexity index is 705. The topological polar surface area (TPSA) is 92.5 Å². The van der Waals surface area contributed by atoms with Crippen LogP contribution in [0.1, 0.15) is 47.2 Å². The number of ether oxygens (including phenoxy) is 2. The van der Waals surface area contributed by atoms with Gasteiger partial charge < -0.3 is 9.47 Å². The summed E-state index contributed by atoms with van der Waals surface area (Å²) in [7, 11) is 0. The van der Waals surface area contributed by atoms with Gasteiger partial charge in [0.05, 0.1) is 10.7 Å². The molecule has 25 heavy (non-hydrogen) atoms. The quantitative estimate of drug-likeness (QED) is 0.577. The summed E-state index contributed by atoms with van der Waals surface area (Å²) in [6.45, 7) is 9.98. The van der Waals surface area contributed by atoms with Gasteiger partial charge in [-0.2, -0.15) is 10.2 Å². The van der Waals surface area contributed by atoms with Crippen molar-refractivity contribution in [1.29, 1.82) is 5.26 Å². The number of hydrogen-bond acceptors (Lipinski definition) is 6. The SMILES string of the molecule is CC(C)(C)OC(=O)N(C(=O)OC(C)(C)C)c1cc(Cl)c(C#N)nc1Br. The maximum atomic E-state index is 12.6. The summed E-state index contributed by atoms with van der Waals surface area (Å²) < 4.78 is 10.6. The number of hydrogen-bond donors (Lipinski definition) is 0. The van der Waals surface area contributed by atoms with E-state index in [1.165, 1.54) is 6.07 Å². The Morgan fingerprint density at radius 3 is 1.96 bits per heavy atom. The molecule has 0 spiro atoms. The summed E-state index contributed by atoms with van der Waals surface area (Å²) in [4.78, 5) is 29.7. The molecule has 0 unspecified atom stereocenters. The first-order valence-corrected chi connectivity index (χ1v) is 8.44. The smallest absolute Gasteiger partial charge is 0.424 e. The first-order chi connectivity index (χ1) is 11.2. The van der Waals surface area contributed by atoms with E-state index >= 15 is 0 Å². The molecule has 0 aromatic carbocycles. The molecule has 0 N–H and O–H groups in total. The first kappa shape index (κ1) is 21.2. The highest BCUT2D eigenvalue weighted by Crippen LogP contribution is 2.31. The zero-order valence-electron chi connectivity index (χ0n) is 14.8. The van der Waals surface area contributed by atoms with Crippen LogP contribution in [0.2, 0.25) is 5.02 Å². The normalized spacial score (nSPS) is 11.5. The Labute approximate surface area is 160 Å². The average Bonchev–Trinajstić information content (AvgIpc) is 2.38. The van der Waals surface area contributed by atoms with Gasteiger partial charge in [0.2, 0.25) is 0 Å². The Morgan fingerprint density at radius 1 is 1.16 bits per heavy atom. The summed E-state index contributed by atoms with van der Waals surface area (Å²) in [5.41, 5.74) is -1.72. The molecule has 0 saturated carbocycles. The van der Waals surface area contributed by atoms with Crippen LogP contribution in [0, 0.1) is 11.3 Å². The van der Waals surface area contributed by atoms with Gasteiger partial charge in [0.25, 0.3) is 0 Å². The molecule has 2 amide bonds. The van der Waals surface area contributed by atoms with Crippen LogP contribution in [0.5, 0.6) is 0 Å². The van der Waals surface area contributed by atoms with Crippen molar-refractivity contribution in [3.63, 3.8) is 0 Å². The standard InChI is InChI=1S/C16H19BrClN3O4/c1-15(2,3)24-13(22)21(14(23)25-16(4,5)6)11-7-9(18)10(8-19)20-12(11)17/h7H,1-6H3. The van der Waals surface area contributed by atoms with Gasteiger partial charge in [-0.25, -0.2) is 14.6 Å². The van der Waals surface area contributed by atoms with Crippen LogP contribution in [-0.2, 0) is 9.47 Å². The second-order valence-corrected chi connectivity index (χ2v) is 8.19. The van der Waals surface area contributed by atoms with Crippen molar-refractivity contribution in [3.8, 4) is 6.07 Å². The molecule has 7 nitrogen and oxygen atoms in total. The zero-order chi connectivity index (χ0) is 19.6. The number of rotatable bonds is 1. The van der Waals surface area contributed by atoms with Crippen LogP contribution >= 0.6 is 27.5 Å². The van der Waals surface area contributed by atoms with Crippen molar-refractivity contribution in [1.82, 2.24) is 4.98 Å². The van der Waals surface area contributed by atoms with E-state index in [9.17, 15) is 9.59 Å². The highest BCUT2D eigenvalue weighted by molar-refractivity contribution is 9.10. The summed E-state index contributed by atoms with van der Waals surface area (Å²) in [5.74, 6) is 0. The fourth-order valence-electron chi connectivity index (χ4n) is 1.58. The Morgan fingerprint density at radius 2 is 1.60 bits per heavy atom. The number of aromatic nitrogens is 1. The third kappa shape index (κ3) is 6.18. The number of anilines is 1. The molecule has 1 rings (SSSR count). The lowest BCUT2D eigenvalue weighted by atomic mass is 10.2. The third-order valence-electron chi connectivity index (χ3n) is 2.41. The Hall–Kier alpha value is -1.85. The molecule has 9 heteroatoms. The Balaban J connectivity index is 3.42. The van der Waals surface area contributed by atoms with Crippen molar-refractivity contribution in [2.45, 2.75) is 52.7 Å². The van der Waals surface area contributed by atoms with Crippen LogP contribution in [0.4, 0.5) is 15.3 Å². The second-order valence-electron chi connectivity index (χ2n) is 7.04. The number of amides is 2. The number of halogens is 2. The Kier molecular flexibility index (Phi) is 6.43. The number of nitrogens with zero attached hydrogens (tertiary/aromatic N) is 3. The van der Waals surface area contributed by atoms with Crippen molar-refractivity contribution in [2.24, 2.45) is 0 Å². The molecule has 0 bridgehead atoms. The van der Waals surface area contributed by atoms with Crippen LogP contribution in [-0.4, -0.2) is 28.4 Å². The molecule has 0 aliphatic heterocycles. The average molecular weight is 433 g/mol. The van der Waals surface area contributed by atoms with E-state index in [0.29, 0.717) is 4.90 Å². The molecule has 136 valence electrons. The predicted octanol–water partition coefficient (Wildman–Crippen LogP) is 5.05. The van der Waals surface area contributed by atoms with Crippen LogP contribution < -0.4 is 4.90 Å². The monoisotopic (exact) mass is 431 g/mol. The van der Waals surface area contributed by atoms with E-state index in [-0.39, 0.29) is 21.0 Å². The zero-order valence-corrected chi connectivity index (χ0v) is 17.1. The summed E-state index contributed by atoms with van der Waals surface area (Å²) >= 11 is 9.12. The fourth-order valence-corrected chi connectivity index (χ4v) is 2.24. The molecule has 0 saturated heterocycles. The van der Waals surface area contributed by atoms with Crippen LogP contribution in [0.15, 0.2) is 10.7 Å². The lowest BCUT2D eigenvalue weighted by Crippen LogP contribution is -2.44. The highest BCUT2D eigenvalue weighted by Gasteiger charge is 2.34. The second kappa shape index (κ2) is 7.58. The summed E-state index contributed by atoms with van der Waals surface area (Å²) in [6.07, 6.45) is -1.91. The lowest BCUT2D eigenvalue weighted by Gasteiger charge is -2.29. The molecule has 1 heterocycles. The van der Waals surface area contributed by atoms with E-state index in [4.69, 9.17) is 26.3 Å². The van der Waals surface area contributed by atoms with E-state index in [2.05, 4.69) is 20.9 Å². The van der Waals surface area contributed by atoms with E-state index in [0.717, 1.165) is 0 Å². The van der Waals surface area contributed by atoms with Gasteiger partial charge in [0.1, 0.15) is 21.9 Å². The maximum absolute atomic E-state index is 12.6. The van der Waals surface area contributed by atoms with Crippen molar-refractivity contribution in [2.75, 3.05) is 4.90 Å². The number of carbonyl (C=O) groups is 2. The number of pyridine rings is 1. The molecule has 1 aromatic rings. The lowest BCUT2D eigenvalue weighted by molar-refractivity contribution is 0.0430. The van der Waals surface area contributed by atoms with E-state index in [1.54, 1.807) is 41.5 Å². The summed E-state index contributed by atoms with van der Waals surface area (Å²) in [6, 6.07) is 3.08.